The molecule has 4 heteroatoms. The first-order valence-electron chi connectivity index (χ1n) is 5.55. The van der Waals surface area contributed by atoms with Gasteiger partial charge in [-0.25, -0.2) is 4.39 Å². The first-order valence-corrected chi connectivity index (χ1v) is 7.16. The summed E-state index contributed by atoms with van der Waals surface area (Å²) in [7, 11) is 0. The molecule has 94 valence electrons. The molecule has 0 amide bonds. The molecule has 18 heavy (non-hydrogen) atoms. The molecular weight excluding hydrogens is 313 g/mol. The number of hydrogen-bond acceptors (Lipinski definition) is 2. The third-order valence-electron chi connectivity index (χ3n) is 2.50. The molecule has 2 aromatic rings. The summed E-state index contributed by atoms with van der Waals surface area (Å²) >= 11 is 4.81. The maximum Gasteiger partial charge on any atom is 0.137 e. The van der Waals surface area contributed by atoms with Crippen LogP contribution in [0.15, 0.2) is 56.7 Å². The minimum Gasteiger partial charge on any atom is -0.324 e. The number of nitrogens with two attached hydrogens (primary N) is 1. The quantitative estimate of drug-likeness (QED) is 0.880. The van der Waals surface area contributed by atoms with Crippen LogP contribution in [-0.4, -0.2) is 0 Å². The van der Waals surface area contributed by atoms with Crippen molar-refractivity contribution in [2.45, 2.75) is 22.8 Å². The molecular formula is C14H13BrFNS. The van der Waals surface area contributed by atoms with E-state index >= 15 is 0 Å². The summed E-state index contributed by atoms with van der Waals surface area (Å²) in [5, 5.41) is 0. The van der Waals surface area contributed by atoms with E-state index in [0.29, 0.717) is 4.90 Å². The molecule has 2 aromatic carbocycles. The second-order valence-electron chi connectivity index (χ2n) is 4.01. The maximum atomic E-state index is 13.9. The Morgan fingerprint density at radius 3 is 2.61 bits per heavy atom. The summed E-state index contributed by atoms with van der Waals surface area (Å²) in [4.78, 5) is 1.59. The predicted octanol–water partition coefficient (Wildman–Crippen LogP) is 4.76. The van der Waals surface area contributed by atoms with Gasteiger partial charge in [0.2, 0.25) is 0 Å². The monoisotopic (exact) mass is 325 g/mol. The van der Waals surface area contributed by atoms with Crippen molar-refractivity contribution in [3.63, 3.8) is 0 Å². The zero-order valence-electron chi connectivity index (χ0n) is 9.86. The Kier molecular flexibility index (Phi) is 4.43. The van der Waals surface area contributed by atoms with Gasteiger partial charge in [-0.2, -0.15) is 0 Å². The Labute approximate surface area is 119 Å². The van der Waals surface area contributed by atoms with Gasteiger partial charge in [0, 0.05) is 15.4 Å². The normalized spacial score (nSPS) is 12.4. The third kappa shape index (κ3) is 3.13. The Bertz CT molecular complexity index is 557. The van der Waals surface area contributed by atoms with E-state index in [1.165, 1.54) is 17.8 Å². The second kappa shape index (κ2) is 5.87. The zero-order chi connectivity index (χ0) is 13.1. The minimum absolute atomic E-state index is 0.185. The SMILES string of the molecule is C[C@@H](N)c1cccc(F)c1Sc1cccc(Br)c1. The summed E-state index contributed by atoms with van der Waals surface area (Å²) in [6.07, 6.45) is 0. The van der Waals surface area contributed by atoms with Crippen LogP contribution in [0.2, 0.25) is 0 Å². The molecule has 0 aromatic heterocycles. The van der Waals surface area contributed by atoms with E-state index in [2.05, 4.69) is 15.9 Å². The van der Waals surface area contributed by atoms with Crippen LogP contribution in [0.25, 0.3) is 0 Å². The molecule has 0 saturated heterocycles. The first kappa shape index (κ1) is 13.6. The molecule has 0 aliphatic rings. The van der Waals surface area contributed by atoms with Crippen LogP contribution in [0.1, 0.15) is 18.5 Å². The van der Waals surface area contributed by atoms with Gasteiger partial charge >= 0.3 is 0 Å². The van der Waals surface area contributed by atoms with Crippen LogP contribution >= 0.6 is 27.7 Å². The van der Waals surface area contributed by atoms with E-state index in [0.717, 1.165) is 14.9 Å². The number of benzene rings is 2. The lowest BCUT2D eigenvalue weighted by Gasteiger charge is -2.13. The van der Waals surface area contributed by atoms with E-state index in [4.69, 9.17) is 5.73 Å². The van der Waals surface area contributed by atoms with Crippen molar-refractivity contribution in [2.24, 2.45) is 5.73 Å². The van der Waals surface area contributed by atoms with Gasteiger partial charge in [0.05, 0.1) is 4.90 Å². The highest BCUT2D eigenvalue weighted by atomic mass is 79.9. The van der Waals surface area contributed by atoms with Crippen molar-refractivity contribution in [1.29, 1.82) is 0 Å². The lowest BCUT2D eigenvalue weighted by Crippen LogP contribution is -2.07. The molecule has 1 nitrogen and oxygen atoms in total. The summed E-state index contributed by atoms with van der Waals surface area (Å²) in [6, 6.07) is 12.6. The fraction of sp³-hybridized carbons (Fsp3) is 0.143. The first-order chi connectivity index (χ1) is 8.58. The molecule has 0 bridgehead atoms. The van der Waals surface area contributed by atoms with Crippen LogP contribution in [0.3, 0.4) is 0 Å². The van der Waals surface area contributed by atoms with E-state index in [1.54, 1.807) is 6.07 Å². The molecule has 1 atom stereocenters. The van der Waals surface area contributed by atoms with Crippen molar-refractivity contribution < 1.29 is 4.39 Å². The van der Waals surface area contributed by atoms with Gasteiger partial charge in [-0.05, 0) is 36.8 Å². The Morgan fingerprint density at radius 2 is 1.94 bits per heavy atom. The van der Waals surface area contributed by atoms with Gasteiger partial charge in [-0.3, -0.25) is 0 Å². The van der Waals surface area contributed by atoms with E-state index in [9.17, 15) is 4.39 Å². The average molecular weight is 326 g/mol. The summed E-state index contributed by atoms with van der Waals surface area (Å²) in [6.45, 7) is 1.86. The fourth-order valence-corrected chi connectivity index (χ4v) is 3.30. The number of rotatable bonds is 3. The highest BCUT2D eigenvalue weighted by Crippen LogP contribution is 2.35. The largest absolute Gasteiger partial charge is 0.324 e. The van der Waals surface area contributed by atoms with Gasteiger partial charge in [0.25, 0.3) is 0 Å². The summed E-state index contributed by atoms with van der Waals surface area (Å²) in [5.74, 6) is -0.227. The van der Waals surface area contributed by atoms with E-state index < -0.39 is 0 Å². The van der Waals surface area contributed by atoms with Gasteiger partial charge < -0.3 is 5.73 Å². The third-order valence-corrected chi connectivity index (χ3v) is 4.12. The second-order valence-corrected chi connectivity index (χ2v) is 6.01. The topological polar surface area (TPSA) is 26.0 Å². The number of halogens is 2. The van der Waals surface area contributed by atoms with Crippen molar-refractivity contribution in [3.8, 4) is 0 Å². The molecule has 0 unspecified atom stereocenters. The zero-order valence-corrected chi connectivity index (χ0v) is 12.3. The van der Waals surface area contributed by atoms with Crippen molar-refractivity contribution >= 4 is 27.7 Å². The highest BCUT2D eigenvalue weighted by molar-refractivity contribution is 9.10. The number of hydrogen-bond donors (Lipinski definition) is 1. The predicted molar refractivity (Wildman–Crippen MR) is 77.3 cm³/mol. The minimum atomic E-state index is -0.227. The van der Waals surface area contributed by atoms with Crippen LogP contribution in [0.4, 0.5) is 4.39 Å². The van der Waals surface area contributed by atoms with Gasteiger partial charge in [-0.15, -0.1) is 0 Å². The van der Waals surface area contributed by atoms with Crippen LogP contribution in [-0.2, 0) is 0 Å². The fourth-order valence-electron chi connectivity index (χ4n) is 1.64. The molecule has 0 heterocycles. The smallest absolute Gasteiger partial charge is 0.137 e. The molecule has 0 spiro atoms. The molecule has 2 rings (SSSR count). The van der Waals surface area contributed by atoms with Crippen molar-refractivity contribution in [2.75, 3.05) is 0 Å². The van der Waals surface area contributed by atoms with Crippen molar-refractivity contribution in [3.05, 3.63) is 58.3 Å². The molecule has 2 N–H and O–H groups in total. The van der Waals surface area contributed by atoms with E-state index in [-0.39, 0.29) is 11.9 Å². The molecule has 0 aliphatic carbocycles. The summed E-state index contributed by atoms with van der Waals surface area (Å²) < 4.78 is 14.9. The molecule has 0 saturated carbocycles. The van der Waals surface area contributed by atoms with Crippen LogP contribution < -0.4 is 5.73 Å². The Balaban J connectivity index is 2.39. The summed E-state index contributed by atoms with van der Waals surface area (Å²) in [5.41, 5.74) is 6.71. The lowest BCUT2D eigenvalue weighted by atomic mass is 10.1. The standard InChI is InChI=1S/C14H13BrFNS/c1-9(17)12-6-3-7-13(16)14(12)18-11-5-2-4-10(15)8-11/h2-9H,17H2,1H3/t9-/m1/s1. The van der Waals surface area contributed by atoms with Crippen LogP contribution in [0, 0.1) is 5.82 Å². The van der Waals surface area contributed by atoms with Gasteiger partial charge in [0.1, 0.15) is 5.82 Å². The highest BCUT2D eigenvalue weighted by Gasteiger charge is 2.13. The van der Waals surface area contributed by atoms with Crippen molar-refractivity contribution in [1.82, 2.24) is 0 Å². The van der Waals surface area contributed by atoms with Gasteiger partial charge in [0.15, 0.2) is 0 Å². The Hall–Kier alpha value is -0.840. The van der Waals surface area contributed by atoms with Gasteiger partial charge in [-0.1, -0.05) is 45.9 Å². The average Bonchev–Trinajstić information content (AvgIpc) is 2.31. The molecule has 0 radical (unpaired) electrons. The molecule has 0 fully saturated rings. The van der Waals surface area contributed by atoms with Crippen LogP contribution in [0.5, 0.6) is 0 Å². The Morgan fingerprint density at radius 1 is 1.22 bits per heavy atom. The lowest BCUT2D eigenvalue weighted by molar-refractivity contribution is 0.591. The molecule has 0 aliphatic heterocycles. The maximum absolute atomic E-state index is 13.9. The van der Waals surface area contributed by atoms with E-state index in [1.807, 2.05) is 37.3 Å².